The second-order valence-corrected chi connectivity index (χ2v) is 5.45. The number of likely N-dealkylation sites (N-methyl/N-ethyl adjacent to an activating group) is 1. The zero-order chi connectivity index (χ0) is 21.4. The molecule has 2 aliphatic rings. The van der Waals surface area contributed by atoms with Crippen molar-refractivity contribution in [3.63, 3.8) is 0 Å². The maximum atomic E-state index is 11.9. The standard InChI is InChI=1S/C15H21N3O2.C3H6.2C2H6/c1-4-13(18-7-6-14(19)16-15(18)20)8-12-10-17(5-2)9-11(12)3;1-3-2;2*1-2/h4,8H,3,5-7,9-10H2,1-2H3,(H,16,19,20);3H,1H2,2H3;2*1-2H3/b12-8-,13-4+;;;. The molecule has 0 aromatic carbocycles. The van der Waals surface area contributed by atoms with Gasteiger partial charge in [0.2, 0.25) is 5.91 Å². The van der Waals surface area contributed by atoms with E-state index in [0.29, 0.717) is 13.0 Å². The van der Waals surface area contributed by atoms with Crippen molar-refractivity contribution < 1.29 is 9.59 Å². The molecule has 2 fully saturated rings. The van der Waals surface area contributed by atoms with Crippen LogP contribution in [0.25, 0.3) is 0 Å². The number of likely N-dealkylation sites (tertiary alicyclic amines) is 1. The smallest absolute Gasteiger partial charge is 0.295 e. The Balaban J connectivity index is 0. The first-order chi connectivity index (χ1) is 13.0. The Morgan fingerprint density at radius 1 is 1.15 bits per heavy atom. The molecule has 0 aromatic heterocycles. The average molecular weight is 378 g/mol. The Morgan fingerprint density at radius 3 is 2.11 bits per heavy atom. The quantitative estimate of drug-likeness (QED) is 0.712. The van der Waals surface area contributed by atoms with Crippen LogP contribution in [0.4, 0.5) is 4.79 Å². The van der Waals surface area contributed by atoms with E-state index in [4.69, 9.17) is 0 Å². The van der Waals surface area contributed by atoms with Crippen molar-refractivity contribution in [2.24, 2.45) is 0 Å². The van der Waals surface area contributed by atoms with Gasteiger partial charge in [0.05, 0.1) is 0 Å². The van der Waals surface area contributed by atoms with Crippen LogP contribution in [0.2, 0.25) is 0 Å². The summed E-state index contributed by atoms with van der Waals surface area (Å²) in [6.07, 6.45) is 5.99. The molecule has 5 heteroatoms. The average Bonchev–Trinajstić information content (AvgIpc) is 3.04. The fourth-order valence-corrected chi connectivity index (χ4v) is 2.46. The summed E-state index contributed by atoms with van der Waals surface area (Å²) < 4.78 is 0. The van der Waals surface area contributed by atoms with E-state index in [1.165, 1.54) is 0 Å². The summed E-state index contributed by atoms with van der Waals surface area (Å²) in [6.45, 7) is 24.5. The summed E-state index contributed by atoms with van der Waals surface area (Å²) in [5.41, 5.74) is 3.08. The van der Waals surface area contributed by atoms with E-state index in [1.807, 2.05) is 53.7 Å². The van der Waals surface area contributed by atoms with Crippen LogP contribution in [-0.2, 0) is 4.79 Å². The molecule has 0 unspecified atom stereocenters. The van der Waals surface area contributed by atoms with E-state index in [9.17, 15) is 9.59 Å². The van der Waals surface area contributed by atoms with E-state index in [2.05, 4.69) is 30.3 Å². The minimum absolute atomic E-state index is 0.211. The van der Waals surface area contributed by atoms with Crippen molar-refractivity contribution >= 4 is 11.9 Å². The molecule has 0 spiro atoms. The Bertz CT molecular complexity index is 548. The number of nitrogens with zero attached hydrogens (tertiary/aromatic N) is 2. The van der Waals surface area contributed by atoms with Crippen molar-refractivity contribution in [2.45, 2.75) is 54.9 Å². The van der Waals surface area contributed by atoms with Crippen LogP contribution >= 0.6 is 0 Å². The number of carbonyl (C=O) groups excluding carboxylic acids is 2. The lowest BCUT2D eigenvalue weighted by Crippen LogP contribution is -2.48. The Morgan fingerprint density at radius 2 is 1.70 bits per heavy atom. The van der Waals surface area contributed by atoms with Gasteiger partial charge in [-0.3, -0.25) is 19.9 Å². The van der Waals surface area contributed by atoms with Crippen LogP contribution in [0.5, 0.6) is 0 Å². The Kier molecular flexibility index (Phi) is 16.1. The molecule has 27 heavy (non-hydrogen) atoms. The Hall–Kier alpha value is -2.14. The van der Waals surface area contributed by atoms with Gasteiger partial charge in [-0.05, 0) is 37.6 Å². The van der Waals surface area contributed by atoms with Gasteiger partial charge in [0, 0.05) is 31.8 Å². The fourth-order valence-electron chi connectivity index (χ4n) is 2.46. The largest absolute Gasteiger partial charge is 0.328 e. The third-order valence-corrected chi connectivity index (χ3v) is 3.69. The first kappa shape index (κ1) is 27.1. The molecule has 2 saturated heterocycles. The van der Waals surface area contributed by atoms with Gasteiger partial charge in [-0.25, -0.2) is 4.79 Å². The summed E-state index contributed by atoms with van der Waals surface area (Å²) in [5, 5.41) is 2.35. The van der Waals surface area contributed by atoms with E-state index in [0.717, 1.165) is 36.5 Å². The van der Waals surface area contributed by atoms with E-state index in [-0.39, 0.29) is 11.9 Å². The highest BCUT2D eigenvalue weighted by Crippen LogP contribution is 2.23. The molecular formula is C22H39N3O2. The monoisotopic (exact) mass is 377 g/mol. The van der Waals surface area contributed by atoms with E-state index in [1.54, 1.807) is 11.0 Å². The Labute approximate surface area is 166 Å². The maximum absolute atomic E-state index is 11.9. The predicted octanol–water partition coefficient (Wildman–Crippen LogP) is 4.89. The van der Waals surface area contributed by atoms with Crippen molar-refractivity contribution in [3.8, 4) is 0 Å². The van der Waals surface area contributed by atoms with Crippen LogP contribution < -0.4 is 5.32 Å². The molecule has 5 nitrogen and oxygen atoms in total. The molecule has 0 bridgehead atoms. The summed E-state index contributed by atoms with van der Waals surface area (Å²) in [6, 6.07) is -0.345. The summed E-state index contributed by atoms with van der Waals surface area (Å²) >= 11 is 0. The minimum atomic E-state index is -0.345. The van der Waals surface area contributed by atoms with Crippen molar-refractivity contribution in [3.05, 3.63) is 48.2 Å². The second-order valence-electron chi connectivity index (χ2n) is 5.45. The SMILES string of the molecule is C=C1CN(CC)C/C1=C/C(=C\C)N1CCC(=O)NC1=O.C=CC.CC.CC. The maximum Gasteiger partial charge on any atom is 0.328 e. The number of rotatable bonds is 3. The van der Waals surface area contributed by atoms with E-state index < -0.39 is 0 Å². The molecule has 0 atom stereocenters. The number of imide groups is 1. The molecule has 0 aromatic rings. The zero-order valence-electron chi connectivity index (χ0n) is 18.4. The summed E-state index contributed by atoms with van der Waals surface area (Å²) in [4.78, 5) is 27.0. The molecule has 0 radical (unpaired) electrons. The molecule has 2 rings (SSSR count). The molecule has 3 amide bonds. The molecule has 0 aliphatic carbocycles. The van der Waals surface area contributed by atoms with Crippen LogP contribution in [0.15, 0.2) is 48.2 Å². The van der Waals surface area contributed by atoms with Gasteiger partial charge < -0.3 is 0 Å². The lowest BCUT2D eigenvalue weighted by atomic mass is 10.1. The van der Waals surface area contributed by atoms with E-state index >= 15 is 0 Å². The number of hydrogen-bond donors (Lipinski definition) is 1. The van der Waals surface area contributed by atoms with Crippen LogP contribution in [0, 0.1) is 0 Å². The number of amides is 3. The van der Waals surface area contributed by atoms with Gasteiger partial charge in [0.1, 0.15) is 0 Å². The predicted molar refractivity (Wildman–Crippen MR) is 117 cm³/mol. The molecule has 2 aliphatic heterocycles. The minimum Gasteiger partial charge on any atom is -0.295 e. The van der Waals surface area contributed by atoms with Gasteiger partial charge in [-0.1, -0.05) is 53.3 Å². The van der Waals surface area contributed by atoms with Crippen LogP contribution in [0.3, 0.4) is 0 Å². The number of hydrogen-bond acceptors (Lipinski definition) is 3. The van der Waals surface area contributed by atoms with Crippen molar-refractivity contribution in [1.82, 2.24) is 15.1 Å². The highest BCUT2D eigenvalue weighted by Gasteiger charge is 2.26. The molecule has 0 saturated carbocycles. The molecule has 2 heterocycles. The highest BCUT2D eigenvalue weighted by molar-refractivity contribution is 5.97. The first-order valence-electron chi connectivity index (χ1n) is 9.92. The number of allylic oxidation sites excluding steroid dienone is 3. The highest BCUT2D eigenvalue weighted by atomic mass is 16.2. The van der Waals surface area contributed by atoms with Gasteiger partial charge in [0.25, 0.3) is 0 Å². The van der Waals surface area contributed by atoms with Crippen molar-refractivity contribution in [2.75, 3.05) is 26.2 Å². The molecule has 1 N–H and O–H groups in total. The third kappa shape index (κ3) is 9.38. The zero-order valence-corrected chi connectivity index (χ0v) is 18.4. The van der Waals surface area contributed by atoms with Crippen LogP contribution in [0.1, 0.15) is 54.9 Å². The topological polar surface area (TPSA) is 52.6 Å². The van der Waals surface area contributed by atoms with Gasteiger partial charge in [-0.2, -0.15) is 0 Å². The third-order valence-electron chi connectivity index (χ3n) is 3.69. The lowest BCUT2D eigenvalue weighted by molar-refractivity contribution is -0.121. The number of urea groups is 1. The number of carbonyl (C=O) groups is 2. The number of nitrogens with one attached hydrogen (secondary N) is 1. The fraction of sp³-hybridized carbons (Fsp3) is 0.545. The van der Waals surface area contributed by atoms with Crippen LogP contribution in [-0.4, -0.2) is 47.9 Å². The normalized spacial score (nSPS) is 18.5. The van der Waals surface area contributed by atoms with Gasteiger partial charge >= 0.3 is 6.03 Å². The molecule has 154 valence electrons. The first-order valence-corrected chi connectivity index (χ1v) is 9.92. The summed E-state index contributed by atoms with van der Waals surface area (Å²) in [7, 11) is 0. The van der Waals surface area contributed by atoms with Gasteiger partial charge in [-0.15, -0.1) is 6.58 Å². The second kappa shape index (κ2) is 16.1. The van der Waals surface area contributed by atoms with Gasteiger partial charge in [0.15, 0.2) is 0 Å². The lowest BCUT2D eigenvalue weighted by Gasteiger charge is -2.27. The van der Waals surface area contributed by atoms with Crippen molar-refractivity contribution in [1.29, 1.82) is 0 Å². The molecular weight excluding hydrogens is 338 g/mol. The summed E-state index contributed by atoms with van der Waals surface area (Å²) in [5.74, 6) is -0.211.